The Morgan fingerprint density at radius 3 is 2.77 bits per heavy atom. The first-order chi connectivity index (χ1) is 10.6. The number of fused-ring (bicyclic) bond motifs is 1. The fraction of sp³-hybridized carbons (Fsp3) is 0.188. The predicted molar refractivity (Wildman–Crippen MR) is 84.8 cm³/mol. The zero-order valence-electron chi connectivity index (χ0n) is 12.5. The molecule has 6 heteroatoms. The number of benzene rings is 1. The lowest BCUT2D eigenvalue weighted by molar-refractivity contribution is 0.0996. The van der Waals surface area contributed by atoms with Crippen LogP contribution < -0.4 is 5.73 Å². The van der Waals surface area contributed by atoms with Crippen LogP contribution in [0.2, 0.25) is 0 Å². The second kappa shape index (κ2) is 5.57. The van der Waals surface area contributed by atoms with Gasteiger partial charge in [-0.15, -0.1) is 0 Å². The van der Waals surface area contributed by atoms with Gasteiger partial charge in [0.1, 0.15) is 0 Å². The van der Waals surface area contributed by atoms with Gasteiger partial charge in [-0.1, -0.05) is 18.2 Å². The summed E-state index contributed by atoms with van der Waals surface area (Å²) in [4.78, 5) is 17.9. The molecule has 0 aliphatic rings. The molecule has 0 fully saturated rings. The van der Waals surface area contributed by atoms with Crippen LogP contribution in [-0.4, -0.2) is 39.7 Å². The maximum absolute atomic E-state index is 11.6. The Bertz CT molecular complexity index is 837. The molecule has 0 aliphatic carbocycles. The fourth-order valence-electron chi connectivity index (χ4n) is 2.49. The van der Waals surface area contributed by atoms with E-state index in [4.69, 9.17) is 5.73 Å². The molecule has 2 heterocycles. The molecule has 1 aromatic carbocycles. The first-order valence-electron chi connectivity index (χ1n) is 6.93. The number of aromatic nitrogens is 3. The molecule has 0 spiro atoms. The van der Waals surface area contributed by atoms with Gasteiger partial charge >= 0.3 is 0 Å². The monoisotopic (exact) mass is 295 g/mol. The van der Waals surface area contributed by atoms with Crippen molar-refractivity contribution in [1.82, 2.24) is 19.7 Å². The Hall–Kier alpha value is -2.73. The minimum absolute atomic E-state index is 0.272. The summed E-state index contributed by atoms with van der Waals surface area (Å²) in [6.07, 6.45) is 3.55. The summed E-state index contributed by atoms with van der Waals surface area (Å²) in [5, 5.41) is 5.11. The van der Waals surface area contributed by atoms with Crippen LogP contribution in [0.15, 0.2) is 42.7 Å². The van der Waals surface area contributed by atoms with Gasteiger partial charge in [-0.05, 0) is 31.8 Å². The summed E-state index contributed by atoms with van der Waals surface area (Å²) in [6, 6.07) is 9.53. The van der Waals surface area contributed by atoms with Crippen LogP contribution in [0.3, 0.4) is 0 Å². The second-order valence-electron chi connectivity index (χ2n) is 5.43. The van der Waals surface area contributed by atoms with E-state index in [1.54, 1.807) is 10.9 Å². The minimum Gasteiger partial charge on any atom is -0.364 e. The average Bonchev–Trinajstić information content (AvgIpc) is 2.86. The summed E-state index contributed by atoms with van der Waals surface area (Å²) in [5.41, 5.74) is 8.42. The first kappa shape index (κ1) is 14.2. The van der Waals surface area contributed by atoms with Crippen molar-refractivity contribution in [2.75, 3.05) is 14.1 Å². The minimum atomic E-state index is -0.535. The molecular formula is C16H17N5O. The molecule has 1 amide bonds. The van der Waals surface area contributed by atoms with Crippen LogP contribution in [0.4, 0.5) is 0 Å². The van der Waals surface area contributed by atoms with Gasteiger partial charge in [-0.25, -0.2) is 4.68 Å². The van der Waals surface area contributed by atoms with Gasteiger partial charge in [-0.3, -0.25) is 9.78 Å². The maximum Gasteiger partial charge on any atom is 0.269 e. The number of nitrogens with zero attached hydrogens (tertiary/aromatic N) is 4. The highest BCUT2D eigenvalue weighted by molar-refractivity contribution is 6.04. The number of hydrogen-bond acceptors (Lipinski definition) is 4. The smallest absolute Gasteiger partial charge is 0.269 e. The highest BCUT2D eigenvalue weighted by Gasteiger charge is 2.15. The Balaban J connectivity index is 2.16. The van der Waals surface area contributed by atoms with Crippen molar-refractivity contribution >= 4 is 16.8 Å². The highest BCUT2D eigenvalue weighted by atomic mass is 16.1. The van der Waals surface area contributed by atoms with Crippen molar-refractivity contribution < 1.29 is 4.79 Å². The molecule has 0 unspecified atom stereocenters. The second-order valence-corrected chi connectivity index (χ2v) is 5.43. The van der Waals surface area contributed by atoms with E-state index < -0.39 is 5.91 Å². The van der Waals surface area contributed by atoms with Crippen LogP contribution in [0, 0.1) is 0 Å². The lowest BCUT2D eigenvalue weighted by atomic mass is 10.2. The van der Waals surface area contributed by atoms with E-state index in [1.165, 1.54) is 0 Å². The summed E-state index contributed by atoms with van der Waals surface area (Å²) in [7, 11) is 4.00. The molecule has 0 radical (unpaired) electrons. The molecule has 2 N–H and O–H groups in total. The Kier molecular flexibility index (Phi) is 3.60. The molecular weight excluding hydrogens is 278 g/mol. The van der Waals surface area contributed by atoms with E-state index in [-0.39, 0.29) is 5.69 Å². The van der Waals surface area contributed by atoms with Gasteiger partial charge in [-0.2, -0.15) is 5.10 Å². The Labute approximate surface area is 128 Å². The Morgan fingerprint density at radius 1 is 1.27 bits per heavy atom. The van der Waals surface area contributed by atoms with Crippen LogP contribution in [-0.2, 0) is 6.54 Å². The van der Waals surface area contributed by atoms with E-state index in [0.29, 0.717) is 0 Å². The van der Waals surface area contributed by atoms with Gasteiger partial charge in [0, 0.05) is 18.1 Å². The fourth-order valence-corrected chi connectivity index (χ4v) is 2.49. The number of carbonyl (C=O) groups excluding carboxylic acids is 1. The van der Waals surface area contributed by atoms with E-state index in [2.05, 4.69) is 15.0 Å². The zero-order valence-corrected chi connectivity index (χ0v) is 12.5. The number of amides is 1. The number of rotatable bonds is 4. The summed E-state index contributed by atoms with van der Waals surface area (Å²) < 4.78 is 1.71. The third kappa shape index (κ3) is 2.56. The molecule has 112 valence electrons. The normalized spacial score (nSPS) is 11.2. The number of para-hydroxylation sites is 1. The van der Waals surface area contributed by atoms with Crippen molar-refractivity contribution in [3.63, 3.8) is 0 Å². The third-order valence-corrected chi connectivity index (χ3v) is 3.34. The number of nitrogens with two attached hydrogens (primary N) is 1. The first-order valence-corrected chi connectivity index (χ1v) is 6.93. The maximum atomic E-state index is 11.6. The van der Waals surface area contributed by atoms with Gasteiger partial charge in [0.15, 0.2) is 5.69 Å². The van der Waals surface area contributed by atoms with Crippen molar-refractivity contribution in [1.29, 1.82) is 0 Å². The van der Waals surface area contributed by atoms with Crippen molar-refractivity contribution in [3.05, 3.63) is 54.0 Å². The van der Waals surface area contributed by atoms with Crippen LogP contribution >= 0.6 is 0 Å². The van der Waals surface area contributed by atoms with Gasteiger partial charge in [0.2, 0.25) is 0 Å². The standard InChI is InChI=1S/C16H17N5O/c1-20(2)10-11-7-12(9-18-8-11)21-14-6-4-3-5-13(14)15(19-21)16(17)22/h3-9H,10H2,1-2H3,(H2,17,22). The zero-order chi connectivity index (χ0) is 15.7. The summed E-state index contributed by atoms with van der Waals surface area (Å²) in [5.74, 6) is -0.535. The van der Waals surface area contributed by atoms with E-state index in [1.807, 2.05) is 50.6 Å². The van der Waals surface area contributed by atoms with Gasteiger partial charge in [0.05, 0.1) is 17.4 Å². The van der Waals surface area contributed by atoms with E-state index in [0.717, 1.165) is 28.7 Å². The SMILES string of the molecule is CN(C)Cc1cncc(-n2nc(C(N)=O)c3ccccc32)c1. The molecule has 0 bridgehead atoms. The van der Waals surface area contributed by atoms with Crippen LogP contribution in [0.5, 0.6) is 0 Å². The quantitative estimate of drug-likeness (QED) is 0.793. The number of hydrogen-bond donors (Lipinski definition) is 1. The van der Waals surface area contributed by atoms with Crippen molar-refractivity contribution in [3.8, 4) is 5.69 Å². The third-order valence-electron chi connectivity index (χ3n) is 3.34. The van der Waals surface area contributed by atoms with E-state index in [9.17, 15) is 4.79 Å². The summed E-state index contributed by atoms with van der Waals surface area (Å²) in [6.45, 7) is 0.780. The van der Waals surface area contributed by atoms with Crippen LogP contribution in [0.25, 0.3) is 16.6 Å². The van der Waals surface area contributed by atoms with Gasteiger partial charge < -0.3 is 10.6 Å². The highest BCUT2D eigenvalue weighted by Crippen LogP contribution is 2.22. The molecule has 6 nitrogen and oxygen atoms in total. The molecule has 3 aromatic rings. The lowest BCUT2D eigenvalue weighted by Gasteiger charge is -2.10. The van der Waals surface area contributed by atoms with Crippen molar-refractivity contribution in [2.24, 2.45) is 5.73 Å². The average molecular weight is 295 g/mol. The molecule has 2 aromatic heterocycles. The molecule has 0 saturated carbocycles. The van der Waals surface area contributed by atoms with Gasteiger partial charge in [0.25, 0.3) is 5.91 Å². The Morgan fingerprint density at radius 2 is 2.05 bits per heavy atom. The molecule has 22 heavy (non-hydrogen) atoms. The molecule has 0 saturated heterocycles. The van der Waals surface area contributed by atoms with Crippen LogP contribution in [0.1, 0.15) is 16.1 Å². The lowest BCUT2D eigenvalue weighted by Crippen LogP contribution is -2.13. The molecule has 0 aliphatic heterocycles. The summed E-state index contributed by atoms with van der Waals surface area (Å²) >= 11 is 0. The van der Waals surface area contributed by atoms with E-state index >= 15 is 0 Å². The predicted octanol–water partition coefficient (Wildman–Crippen LogP) is 1.58. The topological polar surface area (TPSA) is 77.0 Å². The molecule has 0 atom stereocenters. The number of primary amides is 1. The number of pyridine rings is 1. The largest absolute Gasteiger partial charge is 0.364 e. The number of carbonyl (C=O) groups is 1. The molecule has 3 rings (SSSR count). The van der Waals surface area contributed by atoms with Crippen molar-refractivity contribution in [2.45, 2.75) is 6.54 Å².